The van der Waals surface area contributed by atoms with E-state index >= 15 is 0 Å². The largest absolute Gasteiger partial charge is 0.350 e. The summed E-state index contributed by atoms with van der Waals surface area (Å²) in [5.74, 6) is 0.0779. The summed E-state index contributed by atoms with van der Waals surface area (Å²) in [5.41, 5.74) is 2.30. The van der Waals surface area contributed by atoms with E-state index < -0.39 is 0 Å². The summed E-state index contributed by atoms with van der Waals surface area (Å²) in [6, 6.07) is 20.4. The van der Waals surface area contributed by atoms with Crippen LogP contribution in [-0.2, 0) is 11.3 Å². The zero-order chi connectivity index (χ0) is 15.4. The molecule has 1 N–H and O–H groups in total. The van der Waals surface area contributed by atoms with Crippen LogP contribution < -0.4 is 5.32 Å². The van der Waals surface area contributed by atoms with Gasteiger partial charge in [-0.25, -0.2) is 0 Å². The standard InChI is InChI=1S/C19H20N2O/c1-15(16-7-3-2-4-8-16)20-19(22)12-14-21-13-11-17-9-5-6-10-18(17)21/h2-11,13,15H,12,14H2,1H3,(H,20,22)/t15-/m1/s1. The van der Waals surface area contributed by atoms with Gasteiger partial charge in [-0.2, -0.15) is 0 Å². The SMILES string of the molecule is C[C@@H](NC(=O)CCn1ccc2ccccc21)c1ccccc1. The number of para-hydroxylation sites is 1. The molecule has 0 aliphatic carbocycles. The Hall–Kier alpha value is -2.55. The van der Waals surface area contributed by atoms with Crippen molar-refractivity contribution in [2.75, 3.05) is 0 Å². The molecular formula is C19H20N2O. The average molecular weight is 292 g/mol. The molecule has 1 amide bonds. The third-order valence-corrected chi connectivity index (χ3v) is 3.94. The zero-order valence-corrected chi connectivity index (χ0v) is 12.7. The van der Waals surface area contributed by atoms with Crippen LogP contribution in [0.4, 0.5) is 0 Å². The van der Waals surface area contributed by atoms with Crippen molar-refractivity contribution in [3.05, 3.63) is 72.4 Å². The van der Waals surface area contributed by atoms with Crippen molar-refractivity contribution >= 4 is 16.8 Å². The lowest BCUT2D eigenvalue weighted by Crippen LogP contribution is -2.27. The second-order valence-electron chi connectivity index (χ2n) is 5.52. The van der Waals surface area contributed by atoms with E-state index in [1.807, 2.05) is 55.6 Å². The van der Waals surface area contributed by atoms with Gasteiger partial charge in [-0.1, -0.05) is 48.5 Å². The van der Waals surface area contributed by atoms with Crippen molar-refractivity contribution in [2.24, 2.45) is 0 Å². The van der Waals surface area contributed by atoms with Crippen molar-refractivity contribution in [3.8, 4) is 0 Å². The van der Waals surface area contributed by atoms with Crippen molar-refractivity contribution in [2.45, 2.75) is 25.9 Å². The number of carbonyl (C=O) groups excluding carboxylic acids is 1. The quantitative estimate of drug-likeness (QED) is 0.760. The number of nitrogens with zero attached hydrogens (tertiary/aromatic N) is 1. The highest BCUT2D eigenvalue weighted by Crippen LogP contribution is 2.16. The molecule has 0 saturated carbocycles. The fraction of sp³-hybridized carbons (Fsp3) is 0.211. The number of hydrogen-bond acceptors (Lipinski definition) is 1. The van der Waals surface area contributed by atoms with Crippen LogP contribution in [0.1, 0.15) is 24.9 Å². The molecular weight excluding hydrogens is 272 g/mol. The highest BCUT2D eigenvalue weighted by molar-refractivity contribution is 5.80. The van der Waals surface area contributed by atoms with E-state index in [9.17, 15) is 4.79 Å². The van der Waals surface area contributed by atoms with Gasteiger partial charge in [0.05, 0.1) is 6.04 Å². The van der Waals surface area contributed by atoms with Gasteiger partial charge in [0.1, 0.15) is 0 Å². The predicted octanol–water partition coefficient (Wildman–Crippen LogP) is 3.91. The van der Waals surface area contributed by atoms with Crippen LogP contribution in [0.5, 0.6) is 0 Å². The Morgan fingerprint density at radius 2 is 1.77 bits per heavy atom. The van der Waals surface area contributed by atoms with Crippen LogP contribution in [0.2, 0.25) is 0 Å². The molecule has 0 bridgehead atoms. The van der Waals surface area contributed by atoms with Crippen LogP contribution in [0, 0.1) is 0 Å². The van der Waals surface area contributed by atoms with Gasteiger partial charge < -0.3 is 9.88 Å². The molecule has 2 aromatic carbocycles. The lowest BCUT2D eigenvalue weighted by atomic mass is 10.1. The van der Waals surface area contributed by atoms with E-state index in [4.69, 9.17) is 0 Å². The molecule has 0 aliphatic rings. The molecule has 1 atom stereocenters. The number of aromatic nitrogens is 1. The zero-order valence-electron chi connectivity index (χ0n) is 12.7. The Balaban J connectivity index is 1.58. The Kier molecular flexibility index (Phi) is 4.24. The minimum absolute atomic E-state index is 0.0371. The van der Waals surface area contributed by atoms with Crippen molar-refractivity contribution in [3.63, 3.8) is 0 Å². The van der Waals surface area contributed by atoms with E-state index in [-0.39, 0.29) is 11.9 Å². The van der Waals surface area contributed by atoms with E-state index in [1.54, 1.807) is 0 Å². The van der Waals surface area contributed by atoms with Gasteiger partial charge in [0.25, 0.3) is 0 Å². The maximum Gasteiger partial charge on any atom is 0.222 e. The summed E-state index contributed by atoms with van der Waals surface area (Å²) in [6.45, 7) is 2.71. The van der Waals surface area contributed by atoms with Gasteiger partial charge in [-0.3, -0.25) is 4.79 Å². The number of fused-ring (bicyclic) bond motifs is 1. The second kappa shape index (κ2) is 6.48. The van der Waals surface area contributed by atoms with Crippen molar-refractivity contribution < 1.29 is 4.79 Å². The number of nitrogens with one attached hydrogen (secondary N) is 1. The van der Waals surface area contributed by atoms with E-state index in [0.717, 1.165) is 5.56 Å². The number of amides is 1. The van der Waals surface area contributed by atoms with Crippen LogP contribution in [-0.4, -0.2) is 10.5 Å². The molecule has 0 aliphatic heterocycles. The van der Waals surface area contributed by atoms with E-state index in [2.05, 4.69) is 28.1 Å². The molecule has 0 fully saturated rings. The van der Waals surface area contributed by atoms with Gasteiger partial charge in [0.2, 0.25) is 5.91 Å². The number of rotatable bonds is 5. The average Bonchev–Trinajstić information content (AvgIpc) is 2.97. The fourth-order valence-corrected chi connectivity index (χ4v) is 2.70. The predicted molar refractivity (Wildman–Crippen MR) is 89.6 cm³/mol. The summed E-state index contributed by atoms with van der Waals surface area (Å²) in [4.78, 5) is 12.1. The normalized spacial score (nSPS) is 12.2. The molecule has 0 radical (unpaired) electrons. The summed E-state index contributed by atoms with van der Waals surface area (Å²) >= 11 is 0. The molecule has 1 aromatic heterocycles. The molecule has 3 nitrogen and oxygen atoms in total. The first-order valence-electron chi connectivity index (χ1n) is 7.62. The van der Waals surface area contributed by atoms with E-state index in [1.165, 1.54) is 10.9 Å². The minimum Gasteiger partial charge on any atom is -0.350 e. The Labute approximate surface area is 130 Å². The molecule has 112 valence electrons. The first-order valence-corrected chi connectivity index (χ1v) is 7.62. The summed E-state index contributed by atoms with van der Waals surface area (Å²) in [5, 5.41) is 4.26. The Morgan fingerprint density at radius 3 is 2.59 bits per heavy atom. The maximum absolute atomic E-state index is 12.1. The summed E-state index contributed by atoms with van der Waals surface area (Å²) < 4.78 is 2.13. The van der Waals surface area contributed by atoms with Gasteiger partial charge in [0, 0.05) is 24.7 Å². The molecule has 1 heterocycles. The molecule has 3 aromatic rings. The minimum atomic E-state index is 0.0371. The Morgan fingerprint density at radius 1 is 1.05 bits per heavy atom. The second-order valence-corrected chi connectivity index (χ2v) is 5.52. The molecule has 3 heteroatoms. The third-order valence-electron chi connectivity index (χ3n) is 3.94. The molecule has 3 rings (SSSR count). The van der Waals surface area contributed by atoms with Gasteiger partial charge in [-0.15, -0.1) is 0 Å². The fourth-order valence-electron chi connectivity index (χ4n) is 2.70. The molecule has 0 saturated heterocycles. The number of hydrogen-bond donors (Lipinski definition) is 1. The van der Waals surface area contributed by atoms with Crippen molar-refractivity contribution in [1.82, 2.24) is 9.88 Å². The smallest absolute Gasteiger partial charge is 0.222 e. The summed E-state index contributed by atoms with van der Waals surface area (Å²) in [7, 11) is 0. The van der Waals surface area contributed by atoms with Crippen LogP contribution in [0.25, 0.3) is 10.9 Å². The topological polar surface area (TPSA) is 34.0 Å². The highest BCUT2D eigenvalue weighted by atomic mass is 16.1. The highest BCUT2D eigenvalue weighted by Gasteiger charge is 2.09. The number of aryl methyl sites for hydroxylation is 1. The molecule has 22 heavy (non-hydrogen) atoms. The molecule has 0 spiro atoms. The van der Waals surface area contributed by atoms with E-state index in [0.29, 0.717) is 13.0 Å². The monoisotopic (exact) mass is 292 g/mol. The van der Waals surface area contributed by atoms with Crippen molar-refractivity contribution in [1.29, 1.82) is 0 Å². The van der Waals surface area contributed by atoms with Gasteiger partial charge >= 0.3 is 0 Å². The first-order chi connectivity index (χ1) is 10.7. The van der Waals surface area contributed by atoms with Crippen LogP contribution >= 0.6 is 0 Å². The van der Waals surface area contributed by atoms with Gasteiger partial charge in [0.15, 0.2) is 0 Å². The number of benzene rings is 2. The van der Waals surface area contributed by atoms with Gasteiger partial charge in [-0.05, 0) is 30.0 Å². The summed E-state index contributed by atoms with van der Waals surface area (Å²) in [6.07, 6.45) is 2.52. The lowest BCUT2D eigenvalue weighted by Gasteiger charge is -2.14. The molecule has 0 unspecified atom stereocenters. The maximum atomic E-state index is 12.1. The third kappa shape index (κ3) is 3.19. The number of carbonyl (C=O) groups is 1. The van der Waals surface area contributed by atoms with Crippen LogP contribution in [0.3, 0.4) is 0 Å². The lowest BCUT2D eigenvalue weighted by molar-refractivity contribution is -0.121. The van der Waals surface area contributed by atoms with Crippen LogP contribution in [0.15, 0.2) is 66.9 Å². The first kappa shape index (κ1) is 14.4. The Bertz CT molecular complexity index is 761.